The van der Waals surface area contributed by atoms with Crippen LogP contribution in [0.5, 0.6) is 11.6 Å². The smallest absolute Gasteiger partial charge is 0.258 e. The Bertz CT molecular complexity index is 265. The van der Waals surface area contributed by atoms with Crippen molar-refractivity contribution in [3.05, 3.63) is 12.0 Å². The fraction of sp³-hybridized carbons (Fsp3) is 0.429. The maximum Gasteiger partial charge on any atom is 0.258 e. The molecule has 0 radical (unpaired) electrons. The van der Waals surface area contributed by atoms with Gasteiger partial charge in [0.1, 0.15) is 12.0 Å². The minimum Gasteiger partial charge on any atom is -0.491 e. The molecule has 0 saturated carbocycles. The summed E-state index contributed by atoms with van der Waals surface area (Å²) >= 11 is 0. The Balaban J connectivity index is 3.00. The third-order valence-electron chi connectivity index (χ3n) is 1.34. The van der Waals surface area contributed by atoms with Gasteiger partial charge in [0.05, 0.1) is 13.7 Å². The van der Waals surface area contributed by atoms with Gasteiger partial charge in [-0.3, -0.25) is 0 Å². The molecule has 1 N–H and O–H groups in total. The summed E-state index contributed by atoms with van der Waals surface area (Å²) < 4.78 is 9.72. The fourth-order valence-electron chi connectivity index (χ4n) is 0.848. The molecule has 0 aliphatic carbocycles. The maximum atomic E-state index is 9.19. The summed E-state index contributed by atoms with van der Waals surface area (Å²) in [6.07, 6.45) is 1.26. The van der Waals surface area contributed by atoms with Crippen LogP contribution in [0.4, 0.5) is 0 Å². The van der Waals surface area contributed by atoms with Crippen molar-refractivity contribution < 1.29 is 14.6 Å². The van der Waals surface area contributed by atoms with Crippen LogP contribution in [0.2, 0.25) is 0 Å². The van der Waals surface area contributed by atoms with Gasteiger partial charge in [0.2, 0.25) is 5.75 Å². The first-order valence-corrected chi connectivity index (χ1v) is 3.35. The van der Waals surface area contributed by atoms with Crippen molar-refractivity contribution in [3.8, 4) is 11.6 Å². The zero-order chi connectivity index (χ0) is 8.97. The highest BCUT2D eigenvalue weighted by Crippen LogP contribution is 2.25. The molecule has 1 aromatic rings. The van der Waals surface area contributed by atoms with E-state index in [0.717, 1.165) is 0 Å². The number of aromatic nitrogens is 2. The summed E-state index contributed by atoms with van der Waals surface area (Å²) in [5.41, 5.74) is 0.535. The van der Waals surface area contributed by atoms with Crippen molar-refractivity contribution in [2.24, 2.45) is 0 Å². The summed E-state index contributed by atoms with van der Waals surface area (Å²) in [5.74, 6) is 0.0962. The Hall–Kier alpha value is -1.36. The summed E-state index contributed by atoms with van der Waals surface area (Å²) in [4.78, 5) is 7.44. The second-order valence-corrected chi connectivity index (χ2v) is 2.11. The van der Waals surface area contributed by atoms with E-state index in [1.165, 1.54) is 13.4 Å². The minimum atomic E-state index is -0.167. The maximum absolute atomic E-state index is 9.19. The molecule has 1 rings (SSSR count). The van der Waals surface area contributed by atoms with Crippen LogP contribution in [0.25, 0.3) is 0 Å². The zero-order valence-electron chi connectivity index (χ0n) is 6.94. The highest BCUT2D eigenvalue weighted by Gasteiger charge is 2.09. The SMILES string of the molecule is COCc1ncnc(O)c1OC. The lowest BCUT2D eigenvalue weighted by atomic mass is 10.4. The molecule has 0 aliphatic rings. The van der Waals surface area contributed by atoms with Gasteiger partial charge >= 0.3 is 0 Å². The van der Waals surface area contributed by atoms with E-state index in [4.69, 9.17) is 9.47 Å². The molecule has 0 saturated heterocycles. The highest BCUT2D eigenvalue weighted by atomic mass is 16.5. The molecule has 66 valence electrons. The second kappa shape index (κ2) is 3.87. The van der Waals surface area contributed by atoms with Crippen molar-refractivity contribution in [1.82, 2.24) is 9.97 Å². The average Bonchev–Trinajstić information content (AvgIpc) is 2.05. The molecule has 0 aromatic carbocycles. The van der Waals surface area contributed by atoms with E-state index in [9.17, 15) is 5.11 Å². The van der Waals surface area contributed by atoms with E-state index in [-0.39, 0.29) is 11.6 Å². The van der Waals surface area contributed by atoms with E-state index < -0.39 is 0 Å². The lowest BCUT2D eigenvalue weighted by Crippen LogP contribution is -1.98. The summed E-state index contributed by atoms with van der Waals surface area (Å²) in [5, 5.41) is 9.19. The van der Waals surface area contributed by atoms with Crippen molar-refractivity contribution in [2.75, 3.05) is 14.2 Å². The summed E-state index contributed by atoms with van der Waals surface area (Å²) in [7, 11) is 2.98. The Labute approximate surface area is 70.0 Å². The first kappa shape index (κ1) is 8.73. The Morgan fingerprint density at radius 2 is 2.17 bits per heavy atom. The van der Waals surface area contributed by atoms with Crippen molar-refractivity contribution in [3.63, 3.8) is 0 Å². The van der Waals surface area contributed by atoms with E-state index in [1.54, 1.807) is 7.11 Å². The largest absolute Gasteiger partial charge is 0.491 e. The molecule has 1 aromatic heterocycles. The van der Waals surface area contributed by atoms with E-state index in [0.29, 0.717) is 12.3 Å². The van der Waals surface area contributed by atoms with E-state index in [2.05, 4.69) is 9.97 Å². The number of hydrogen-bond donors (Lipinski definition) is 1. The molecule has 0 amide bonds. The zero-order valence-corrected chi connectivity index (χ0v) is 6.94. The first-order valence-electron chi connectivity index (χ1n) is 3.35. The molecule has 0 unspecified atom stereocenters. The number of nitrogens with zero attached hydrogens (tertiary/aromatic N) is 2. The van der Waals surface area contributed by atoms with Gasteiger partial charge in [-0.2, -0.15) is 4.98 Å². The Kier molecular flexibility index (Phi) is 2.82. The average molecular weight is 170 g/mol. The number of hydrogen-bond acceptors (Lipinski definition) is 5. The van der Waals surface area contributed by atoms with Gasteiger partial charge in [-0.25, -0.2) is 4.98 Å². The van der Waals surface area contributed by atoms with Crippen LogP contribution in [-0.4, -0.2) is 29.3 Å². The molecule has 5 nitrogen and oxygen atoms in total. The number of methoxy groups -OCH3 is 2. The normalized spacial score (nSPS) is 9.83. The molecular formula is C7H10N2O3. The quantitative estimate of drug-likeness (QED) is 0.708. The topological polar surface area (TPSA) is 64.5 Å². The Morgan fingerprint density at radius 3 is 2.75 bits per heavy atom. The van der Waals surface area contributed by atoms with Gasteiger partial charge in [-0.05, 0) is 0 Å². The minimum absolute atomic E-state index is 0.167. The van der Waals surface area contributed by atoms with Gasteiger partial charge in [-0.15, -0.1) is 0 Å². The molecule has 12 heavy (non-hydrogen) atoms. The molecule has 0 fully saturated rings. The van der Waals surface area contributed by atoms with Crippen LogP contribution in [0.15, 0.2) is 6.33 Å². The van der Waals surface area contributed by atoms with Gasteiger partial charge in [0.25, 0.3) is 5.88 Å². The van der Waals surface area contributed by atoms with Gasteiger partial charge in [0.15, 0.2) is 0 Å². The summed E-state index contributed by atoms with van der Waals surface area (Å²) in [6.45, 7) is 0.291. The lowest BCUT2D eigenvalue weighted by molar-refractivity contribution is 0.176. The molecule has 1 heterocycles. The van der Waals surface area contributed by atoms with E-state index >= 15 is 0 Å². The van der Waals surface area contributed by atoms with Crippen LogP contribution >= 0.6 is 0 Å². The number of aromatic hydroxyl groups is 1. The van der Waals surface area contributed by atoms with Crippen LogP contribution in [0, 0.1) is 0 Å². The standard InChI is InChI=1S/C7H10N2O3/c1-11-3-5-6(12-2)7(10)9-4-8-5/h4H,3H2,1-2H3,(H,8,9,10). The number of rotatable bonds is 3. The second-order valence-electron chi connectivity index (χ2n) is 2.11. The van der Waals surface area contributed by atoms with Crippen LogP contribution in [-0.2, 0) is 11.3 Å². The number of ether oxygens (including phenoxy) is 2. The molecule has 5 heteroatoms. The molecule has 0 spiro atoms. The highest BCUT2D eigenvalue weighted by molar-refractivity contribution is 5.35. The van der Waals surface area contributed by atoms with Crippen molar-refractivity contribution in [2.45, 2.75) is 6.61 Å². The van der Waals surface area contributed by atoms with Crippen LogP contribution in [0.1, 0.15) is 5.69 Å². The van der Waals surface area contributed by atoms with Crippen LogP contribution < -0.4 is 4.74 Å². The monoisotopic (exact) mass is 170 g/mol. The predicted octanol–water partition coefficient (Wildman–Crippen LogP) is 0.337. The van der Waals surface area contributed by atoms with Crippen LogP contribution in [0.3, 0.4) is 0 Å². The van der Waals surface area contributed by atoms with Gasteiger partial charge in [-0.1, -0.05) is 0 Å². The van der Waals surface area contributed by atoms with Gasteiger partial charge < -0.3 is 14.6 Å². The lowest BCUT2D eigenvalue weighted by Gasteiger charge is -2.06. The van der Waals surface area contributed by atoms with Crippen molar-refractivity contribution >= 4 is 0 Å². The van der Waals surface area contributed by atoms with Crippen molar-refractivity contribution in [1.29, 1.82) is 0 Å². The molecule has 0 bridgehead atoms. The molecule has 0 aliphatic heterocycles. The van der Waals surface area contributed by atoms with E-state index in [1.807, 2.05) is 0 Å². The first-order chi connectivity index (χ1) is 5.79. The van der Waals surface area contributed by atoms with Gasteiger partial charge in [0, 0.05) is 7.11 Å². The Morgan fingerprint density at radius 1 is 1.42 bits per heavy atom. The molecule has 0 atom stereocenters. The third-order valence-corrected chi connectivity index (χ3v) is 1.34. The molecular weight excluding hydrogens is 160 g/mol. The third kappa shape index (κ3) is 1.62. The fourth-order valence-corrected chi connectivity index (χ4v) is 0.848. The summed E-state index contributed by atoms with van der Waals surface area (Å²) in [6, 6.07) is 0. The predicted molar refractivity (Wildman–Crippen MR) is 41.0 cm³/mol.